The van der Waals surface area contributed by atoms with Crippen LogP contribution in [-0.4, -0.2) is 24.9 Å². The van der Waals surface area contributed by atoms with Crippen LogP contribution in [0.2, 0.25) is 0 Å². The summed E-state index contributed by atoms with van der Waals surface area (Å²) in [6.45, 7) is 1.16. The van der Waals surface area contributed by atoms with Crippen molar-refractivity contribution in [3.63, 3.8) is 0 Å². The van der Waals surface area contributed by atoms with Gasteiger partial charge in [-0.2, -0.15) is 0 Å². The summed E-state index contributed by atoms with van der Waals surface area (Å²) in [5.41, 5.74) is 2.86. The average Bonchev–Trinajstić information content (AvgIpc) is 2.54. The molecule has 0 saturated carbocycles. The highest BCUT2D eigenvalue weighted by atomic mass is 16.5. The van der Waals surface area contributed by atoms with Crippen LogP contribution in [0.4, 0.5) is 5.69 Å². The normalized spacial score (nSPS) is 13.2. The molecule has 2 aromatic carbocycles. The highest BCUT2D eigenvalue weighted by Gasteiger charge is 2.20. The summed E-state index contributed by atoms with van der Waals surface area (Å²) in [6, 6.07) is 13.4. The largest absolute Gasteiger partial charge is 0.493 e. The van der Waals surface area contributed by atoms with Gasteiger partial charge >= 0.3 is 5.97 Å². The first kappa shape index (κ1) is 14.3. The number of methoxy groups -OCH3 is 1. The molecule has 0 saturated heterocycles. The minimum absolute atomic E-state index is 0.0385. The van der Waals surface area contributed by atoms with Gasteiger partial charge in [-0.1, -0.05) is 24.3 Å². The summed E-state index contributed by atoms with van der Waals surface area (Å²) in [4.78, 5) is 12.8. The number of aliphatic carboxylic acids is 1. The lowest BCUT2D eigenvalue weighted by molar-refractivity contribution is -0.136. The Hall–Kier alpha value is -2.69. The number of ether oxygens (including phenoxy) is 2. The first-order chi connectivity index (χ1) is 10.7. The zero-order chi connectivity index (χ0) is 15.5. The second-order valence-electron chi connectivity index (χ2n) is 5.16. The molecule has 1 N–H and O–H groups in total. The van der Waals surface area contributed by atoms with E-state index in [1.807, 2.05) is 42.5 Å². The number of fused-ring (bicyclic) bond motifs is 1. The maximum Gasteiger partial charge on any atom is 0.307 e. The third-order valence-corrected chi connectivity index (χ3v) is 3.66. The number of benzene rings is 2. The van der Waals surface area contributed by atoms with Gasteiger partial charge in [-0.3, -0.25) is 4.79 Å². The fourth-order valence-electron chi connectivity index (χ4n) is 2.57. The third-order valence-electron chi connectivity index (χ3n) is 3.66. The summed E-state index contributed by atoms with van der Waals surface area (Å²) in [6.07, 6.45) is 0.0385. The second kappa shape index (κ2) is 5.97. The van der Waals surface area contributed by atoms with Crippen LogP contribution >= 0.6 is 0 Å². The van der Waals surface area contributed by atoms with Crippen molar-refractivity contribution < 1.29 is 19.4 Å². The lowest BCUT2D eigenvalue weighted by Gasteiger charge is -2.31. The fourth-order valence-corrected chi connectivity index (χ4v) is 2.57. The van der Waals surface area contributed by atoms with E-state index in [0.29, 0.717) is 6.73 Å². The molecular formula is C17H17NO4. The molecule has 2 aromatic rings. The molecule has 1 aliphatic heterocycles. The molecular weight excluding hydrogens is 282 g/mol. The minimum Gasteiger partial charge on any atom is -0.493 e. The van der Waals surface area contributed by atoms with E-state index in [-0.39, 0.29) is 6.42 Å². The Kier molecular flexibility index (Phi) is 3.87. The Morgan fingerprint density at radius 2 is 2.05 bits per heavy atom. The molecule has 5 nitrogen and oxygen atoms in total. The van der Waals surface area contributed by atoms with Gasteiger partial charge < -0.3 is 19.5 Å². The molecule has 3 rings (SSSR count). The van der Waals surface area contributed by atoms with Gasteiger partial charge in [0.1, 0.15) is 0 Å². The van der Waals surface area contributed by atoms with Gasteiger partial charge in [-0.05, 0) is 23.8 Å². The Labute approximate surface area is 128 Å². The van der Waals surface area contributed by atoms with Gasteiger partial charge in [0.2, 0.25) is 0 Å². The van der Waals surface area contributed by atoms with Gasteiger partial charge in [0.05, 0.1) is 13.5 Å². The molecule has 0 amide bonds. The molecule has 0 aliphatic carbocycles. The van der Waals surface area contributed by atoms with E-state index in [4.69, 9.17) is 14.6 Å². The molecule has 0 radical (unpaired) electrons. The standard InChI is InChI=1S/C17H17NO4/c1-21-15-4-2-3-13-10-18(11-22-17(13)15)14-7-5-12(6-8-14)9-16(19)20/h2-8H,9-11H2,1H3,(H,19,20). The maximum absolute atomic E-state index is 10.7. The monoisotopic (exact) mass is 299 g/mol. The average molecular weight is 299 g/mol. The lowest BCUT2D eigenvalue weighted by atomic mass is 10.1. The van der Waals surface area contributed by atoms with E-state index in [2.05, 4.69) is 4.90 Å². The molecule has 22 heavy (non-hydrogen) atoms. The number of hydrogen-bond acceptors (Lipinski definition) is 4. The highest BCUT2D eigenvalue weighted by Crippen LogP contribution is 2.35. The summed E-state index contributed by atoms with van der Waals surface area (Å²) in [5.74, 6) is 0.716. The molecule has 5 heteroatoms. The predicted molar refractivity (Wildman–Crippen MR) is 82.5 cm³/mol. The molecule has 0 bridgehead atoms. The highest BCUT2D eigenvalue weighted by molar-refractivity contribution is 5.70. The first-order valence-corrected chi connectivity index (χ1v) is 7.02. The Balaban J connectivity index is 1.78. The van der Waals surface area contributed by atoms with Crippen LogP contribution in [0.3, 0.4) is 0 Å². The Morgan fingerprint density at radius 1 is 1.27 bits per heavy atom. The molecule has 0 aromatic heterocycles. The number of para-hydroxylation sites is 1. The van der Waals surface area contributed by atoms with Crippen LogP contribution in [-0.2, 0) is 17.8 Å². The van der Waals surface area contributed by atoms with Crippen molar-refractivity contribution in [2.45, 2.75) is 13.0 Å². The number of nitrogens with zero attached hydrogens (tertiary/aromatic N) is 1. The maximum atomic E-state index is 10.7. The summed E-state index contributed by atoms with van der Waals surface area (Å²) >= 11 is 0. The van der Waals surface area contributed by atoms with Crippen LogP contribution in [0.1, 0.15) is 11.1 Å². The fraction of sp³-hybridized carbons (Fsp3) is 0.235. The topological polar surface area (TPSA) is 59.0 Å². The Morgan fingerprint density at radius 3 is 2.73 bits per heavy atom. The quantitative estimate of drug-likeness (QED) is 0.940. The molecule has 0 spiro atoms. The van der Waals surface area contributed by atoms with Gasteiger partial charge in [0.15, 0.2) is 18.2 Å². The van der Waals surface area contributed by atoms with E-state index in [0.717, 1.165) is 34.9 Å². The van der Waals surface area contributed by atoms with Crippen LogP contribution in [0.5, 0.6) is 11.5 Å². The molecule has 0 unspecified atom stereocenters. The van der Waals surface area contributed by atoms with Gasteiger partial charge in [0.25, 0.3) is 0 Å². The van der Waals surface area contributed by atoms with Gasteiger partial charge in [-0.15, -0.1) is 0 Å². The number of carboxylic acids is 1. The van der Waals surface area contributed by atoms with Crippen LogP contribution in [0, 0.1) is 0 Å². The van der Waals surface area contributed by atoms with Crippen LogP contribution in [0.15, 0.2) is 42.5 Å². The van der Waals surface area contributed by atoms with Crippen LogP contribution < -0.4 is 14.4 Å². The van der Waals surface area contributed by atoms with Crippen molar-refractivity contribution in [1.82, 2.24) is 0 Å². The van der Waals surface area contributed by atoms with Crippen molar-refractivity contribution >= 4 is 11.7 Å². The minimum atomic E-state index is -0.824. The SMILES string of the molecule is COc1cccc2c1OCN(c1ccc(CC(=O)O)cc1)C2. The van der Waals surface area contributed by atoms with Crippen molar-refractivity contribution in [3.8, 4) is 11.5 Å². The molecule has 114 valence electrons. The smallest absolute Gasteiger partial charge is 0.307 e. The van der Waals surface area contributed by atoms with E-state index in [9.17, 15) is 4.79 Å². The zero-order valence-electron chi connectivity index (χ0n) is 12.3. The predicted octanol–water partition coefficient (Wildman–Crippen LogP) is 2.68. The second-order valence-corrected chi connectivity index (χ2v) is 5.16. The van der Waals surface area contributed by atoms with Gasteiger partial charge in [-0.25, -0.2) is 0 Å². The number of carbonyl (C=O) groups is 1. The molecule has 0 atom stereocenters. The van der Waals surface area contributed by atoms with Crippen molar-refractivity contribution in [2.75, 3.05) is 18.7 Å². The summed E-state index contributed by atoms with van der Waals surface area (Å²) in [5, 5.41) is 8.80. The van der Waals surface area contributed by atoms with E-state index in [1.165, 1.54) is 0 Å². The van der Waals surface area contributed by atoms with Gasteiger partial charge in [0, 0.05) is 17.8 Å². The molecule has 0 fully saturated rings. The molecule has 1 aliphatic rings. The van der Waals surface area contributed by atoms with E-state index < -0.39 is 5.97 Å². The van der Waals surface area contributed by atoms with Crippen molar-refractivity contribution in [2.24, 2.45) is 0 Å². The van der Waals surface area contributed by atoms with Crippen molar-refractivity contribution in [3.05, 3.63) is 53.6 Å². The summed E-state index contributed by atoms with van der Waals surface area (Å²) in [7, 11) is 1.63. The number of rotatable bonds is 4. The van der Waals surface area contributed by atoms with E-state index >= 15 is 0 Å². The number of hydrogen-bond donors (Lipinski definition) is 1. The van der Waals surface area contributed by atoms with E-state index in [1.54, 1.807) is 7.11 Å². The molecule has 1 heterocycles. The number of anilines is 1. The zero-order valence-corrected chi connectivity index (χ0v) is 12.3. The summed E-state index contributed by atoms with van der Waals surface area (Å²) < 4.78 is 11.1. The lowest BCUT2D eigenvalue weighted by Crippen LogP contribution is -2.32. The van der Waals surface area contributed by atoms with Crippen molar-refractivity contribution in [1.29, 1.82) is 0 Å². The number of carboxylic acid groups (broad SMARTS) is 1. The third kappa shape index (κ3) is 2.83. The Bertz CT molecular complexity index is 682. The first-order valence-electron chi connectivity index (χ1n) is 7.02. The van der Waals surface area contributed by atoms with Crippen LogP contribution in [0.25, 0.3) is 0 Å².